The van der Waals surface area contributed by atoms with Gasteiger partial charge in [0.25, 0.3) is 0 Å². The largest absolute Gasteiger partial charge is 0.326 e. The molecule has 0 saturated carbocycles. The van der Waals surface area contributed by atoms with Crippen molar-refractivity contribution in [1.29, 1.82) is 0 Å². The molecule has 2 rings (SSSR count). The van der Waals surface area contributed by atoms with Gasteiger partial charge in [-0.25, -0.2) is 13.4 Å². The number of aromatic nitrogens is 2. The van der Waals surface area contributed by atoms with E-state index in [1.807, 2.05) is 24.7 Å². The van der Waals surface area contributed by atoms with E-state index in [9.17, 15) is 8.42 Å². The fourth-order valence-electron chi connectivity index (χ4n) is 2.12. The normalized spacial score (nSPS) is 12.4. The summed E-state index contributed by atoms with van der Waals surface area (Å²) >= 11 is 5.94. The minimum absolute atomic E-state index is 0.255. The van der Waals surface area contributed by atoms with E-state index in [1.165, 1.54) is 6.26 Å². The zero-order valence-corrected chi connectivity index (χ0v) is 13.4. The third kappa shape index (κ3) is 2.97. The minimum atomic E-state index is -3.30. The highest BCUT2D eigenvalue weighted by Gasteiger charge is 2.18. The Balaban J connectivity index is 2.63. The zero-order chi connectivity index (χ0) is 14.9. The molecule has 0 unspecified atom stereocenters. The summed E-state index contributed by atoms with van der Waals surface area (Å²) in [6.45, 7) is 1.55. The highest BCUT2D eigenvalue weighted by Crippen LogP contribution is 2.24. The van der Waals surface area contributed by atoms with Crippen LogP contribution in [0.4, 0.5) is 0 Å². The van der Waals surface area contributed by atoms with Gasteiger partial charge in [-0.3, -0.25) is 0 Å². The van der Waals surface area contributed by atoms with E-state index in [4.69, 9.17) is 11.6 Å². The van der Waals surface area contributed by atoms with Crippen LogP contribution in [0.1, 0.15) is 5.82 Å². The molecular formula is C13H18ClN3O2S. The van der Waals surface area contributed by atoms with Gasteiger partial charge in [0, 0.05) is 19.3 Å². The molecule has 0 radical (unpaired) electrons. The fraction of sp³-hybridized carbons (Fsp3) is 0.462. The summed E-state index contributed by atoms with van der Waals surface area (Å²) in [5.74, 6) is 0.949. The molecular weight excluding hydrogens is 298 g/mol. The van der Waals surface area contributed by atoms with Crippen molar-refractivity contribution >= 4 is 32.5 Å². The first-order chi connectivity index (χ1) is 9.34. The fourth-order valence-corrected chi connectivity index (χ4v) is 3.15. The number of para-hydroxylation sites is 1. The van der Waals surface area contributed by atoms with Crippen molar-refractivity contribution in [2.75, 3.05) is 26.9 Å². The molecule has 0 amide bonds. The first kappa shape index (κ1) is 15.3. The van der Waals surface area contributed by atoms with Gasteiger partial charge in [0.2, 0.25) is 0 Å². The van der Waals surface area contributed by atoms with Gasteiger partial charge in [-0.2, -0.15) is 0 Å². The smallest absolute Gasteiger partial charge is 0.177 e. The van der Waals surface area contributed by atoms with Crippen LogP contribution in [0.3, 0.4) is 0 Å². The van der Waals surface area contributed by atoms with Gasteiger partial charge in [0.05, 0.1) is 16.3 Å². The number of nitrogens with zero attached hydrogens (tertiary/aromatic N) is 3. The third-order valence-electron chi connectivity index (χ3n) is 3.11. The molecule has 20 heavy (non-hydrogen) atoms. The number of rotatable bonds is 5. The van der Waals surface area contributed by atoms with E-state index in [0.717, 1.165) is 18.6 Å². The van der Waals surface area contributed by atoms with Gasteiger partial charge in [-0.15, -0.1) is 11.6 Å². The second-order valence-corrected chi connectivity index (χ2v) is 7.26. The van der Waals surface area contributed by atoms with E-state index in [2.05, 4.69) is 9.88 Å². The van der Waals surface area contributed by atoms with Crippen molar-refractivity contribution < 1.29 is 8.42 Å². The summed E-state index contributed by atoms with van der Waals surface area (Å²) in [5, 5.41) is 0. The highest BCUT2D eigenvalue weighted by atomic mass is 35.5. The first-order valence-corrected chi connectivity index (χ1v) is 8.66. The molecule has 5 nitrogen and oxygen atoms in total. The molecule has 0 atom stereocenters. The number of likely N-dealkylation sites (N-methyl/N-ethyl adjacent to an activating group) is 1. The highest BCUT2D eigenvalue weighted by molar-refractivity contribution is 7.91. The number of benzene rings is 1. The standard InChI is InChI=1S/C13H18ClN3O2S/c1-16(2)7-8-17-10-5-4-6-11(20(3,18)19)13(10)15-12(17)9-14/h4-6H,7-9H2,1-3H3. The average molecular weight is 316 g/mol. The number of alkyl halides is 1. The Bertz CT molecular complexity index is 723. The molecule has 2 aromatic rings. The van der Waals surface area contributed by atoms with Crippen molar-refractivity contribution in [2.24, 2.45) is 0 Å². The Morgan fingerprint density at radius 2 is 2.05 bits per heavy atom. The van der Waals surface area contributed by atoms with Crippen LogP contribution in [-0.4, -0.2) is 49.8 Å². The second kappa shape index (κ2) is 5.71. The molecule has 0 aliphatic heterocycles. The maximum atomic E-state index is 11.8. The molecule has 7 heteroatoms. The molecule has 110 valence electrons. The van der Waals surface area contributed by atoms with Gasteiger partial charge >= 0.3 is 0 Å². The molecule has 1 heterocycles. The van der Waals surface area contributed by atoms with Crippen LogP contribution < -0.4 is 0 Å². The van der Waals surface area contributed by atoms with Crippen molar-refractivity contribution in [1.82, 2.24) is 14.5 Å². The zero-order valence-electron chi connectivity index (χ0n) is 11.8. The summed E-state index contributed by atoms with van der Waals surface area (Å²) < 4.78 is 25.6. The second-order valence-electron chi connectivity index (χ2n) is 5.01. The number of halogens is 1. The molecule has 0 spiro atoms. The molecule has 0 saturated heterocycles. The van der Waals surface area contributed by atoms with Crippen molar-refractivity contribution in [3.8, 4) is 0 Å². The Labute approximate surface area is 124 Å². The van der Waals surface area contributed by atoms with Crippen LogP contribution in [0.15, 0.2) is 23.1 Å². The van der Waals surface area contributed by atoms with Gasteiger partial charge in [-0.05, 0) is 26.2 Å². The van der Waals surface area contributed by atoms with Crippen LogP contribution in [0.25, 0.3) is 11.0 Å². The maximum absolute atomic E-state index is 11.8. The van der Waals surface area contributed by atoms with E-state index < -0.39 is 9.84 Å². The Kier molecular flexibility index (Phi) is 4.36. The molecule has 0 aliphatic carbocycles. The predicted octanol–water partition coefficient (Wildman–Crippen LogP) is 1.74. The Morgan fingerprint density at radius 3 is 2.60 bits per heavy atom. The molecule has 1 aromatic heterocycles. The Morgan fingerprint density at radius 1 is 1.35 bits per heavy atom. The van der Waals surface area contributed by atoms with Crippen molar-refractivity contribution in [2.45, 2.75) is 17.3 Å². The Hall–Kier alpha value is -1.11. The quantitative estimate of drug-likeness (QED) is 0.789. The van der Waals surface area contributed by atoms with E-state index in [0.29, 0.717) is 11.3 Å². The number of fused-ring (bicyclic) bond motifs is 1. The average Bonchev–Trinajstić information content (AvgIpc) is 2.72. The number of hydrogen-bond donors (Lipinski definition) is 0. The van der Waals surface area contributed by atoms with Gasteiger partial charge in [0.1, 0.15) is 11.3 Å². The van der Waals surface area contributed by atoms with Crippen LogP contribution in [-0.2, 0) is 22.3 Å². The SMILES string of the molecule is CN(C)CCn1c(CCl)nc2c(S(C)(=O)=O)cccc21. The molecule has 0 N–H and O–H groups in total. The lowest BCUT2D eigenvalue weighted by molar-refractivity contribution is 0.384. The maximum Gasteiger partial charge on any atom is 0.177 e. The van der Waals surface area contributed by atoms with Crippen molar-refractivity contribution in [3.63, 3.8) is 0 Å². The van der Waals surface area contributed by atoms with Crippen LogP contribution in [0.2, 0.25) is 0 Å². The van der Waals surface area contributed by atoms with E-state index in [-0.39, 0.29) is 10.8 Å². The number of sulfone groups is 1. The summed E-state index contributed by atoms with van der Waals surface area (Å²) in [6.07, 6.45) is 1.20. The van der Waals surface area contributed by atoms with Crippen LogP contribution >= 0.6 is 11.6 Å². The molecule has 1 aromatic carbocycles. The monoisotopic (exact) mass is 315 g/mol. The van der Waals surface area contributed by atoms with Crippen LogP contribution in [0.5, 0.6) is 0 Å². The summed E-state index contributed by atoms with van der Waals surface area (Å²) in [7, 11) is 0.673. The van der Waals surface area contributed by atoms with E-state index >= 15 is 0 Å². The predicted molar refractivity (Wildman–Crippen MR) is 81.0 cm³/mol. The summed E-state index contributed by atoms with van der Waals surface area (Å²) in [5.41, 5.74) is 1.31. The van der Waals surface area contributed by atoms with E-state index in [1.54, 1.807) is 12.1 Å². The summed E-state index contributed by atoms with van der Waals surface area (Å²) in [4.78, 5) is 6.72. The van der Waals surface area contributed by atoms with Gasteiger partial charge < -0.3 is 9.47 Å². The summed E-state index contributed by atoms with van der Waals surface area (Å²) in [6, 6.07) is 5.20. The first-order valence-electron chi connectivity index (χ1n) is 6.23. The number of imidazole rings is 1. The van der Waals surface area contributed by atoms with Gasteiger partial charge in [-0.1, -0.05) is 6.07 Å². The molecule has 0 fully saturated rings. The number of hydrogen-bond acceptors (Lipinski definition) is 4. The topological polar surface area (TPSA) is 55.2 Å². The van der Waals surface area contributed by atoms with Crippen molar-refractivity contribution in [3.05, 3.63) is 24.0 Å². The lowest BCUT2D eigenvalue weighted by Gasteiger charge is -2.12. The third-order valence-corrected chi connectivity index (χ3v) is 4.48. The lowest BCUT2D eigenvalue weighted by atomic mass is 10.3. The lowest BCUT2D eigenvalue weighted by Crippen LogP contribution is -2.19. The molecule has 0 bridgehead atoms. The van der Waals surface area contributed by atoms with Crippen LogP contribution in [0, 0.1) is 0 Å². The minimum Gasteiger partial charge on any atom is -0.326 e. The van der Waals surface area contributed by atoms with Gasteiger partial charge in [0.15, 0.2) is 9.84 Å². The molecule has 0 aliphatic rings.